The maximum absolute atomic E-state index is 12.3. The summed E-state index contributed by atoms with van der Waals surface area (Å²) < 4.78 is 15.9. The predicted octanol–water partition coefficient (Wildman–Crippen LogP) is 4.95. The summed E-state index contributed by atoms with van der Waals surface area (Å²) in [6, 6.07) is 18.3. The minimum absolute atomic E-state index is 0.324. The molecular weight excluding hydrogens is 446 g/mol. The highest BCUT2D eigenvalue weighted by atomic mass is 16.5. The Morgan fingerprint density at radius 1 is 0.829 bits per heavy atom. The molecule has 2 amide bonds. The van der Waals surface area contributed by atoms with E-state index in [2.05, 4.69) is 25.9 Å². The van der Waals surface area contributed by atoms with Gasteiger partial charge in [-0.25, -0.2) is 14.8 Å². The number of ether oxygens (including phenoxy) is 3. The molecule has 4 aromatic rings. The van der Waals surface area contributed by atoms with Gasteiger partial charge in [0.25, 0.3) is 0 Å². The van der Waals surface area contributed by atoms with Gasteiger partial charge >= 0.3 is 6.03 Å². The summed E-state index contributed by atoms with van der Waals surface area (Å²) in [6.45, 7) is 0.670. The smallest absolute Gasteiger partial charge is 0.323 e. The second-order valence-corrected chi connectivity index (χ2v) is 7.63. The molecule has 0 spiro atoms. The second-order valence-electron chi connectivity index (χ2n) is 7.63. The first-order chi connectivity index (χ1) is 17.1. The van der Waals surface area contributed by atoms with E-state index in [1.54, 1.807) is 33.5 Å². The van der Waals surface area contributed by atoms with E-state index in [1.165, 1.54) is 6.33 Å². The number of anilines is 3. The molecule has 3 aromatic carbocycles. The van der Waals surface area contributed by atoms with Gasteiger partial charge in [-0.1, -0.05) is 18.2 Å². The topological polar surface area (TPSA) is 107 Å². The largest absolute Gasteiger partial charge is 0.497 e. The molecule has 1 aromatic heterocycles. The van der Waals surface area contributed by atoms with Crippen LogP contribution < -0.4 is 30.2 Å². The summed E-state index contributed by atoms with van der Waals surface area (Å²) >= 11 is 0. The van der Waals surface area contributed by atoms with Crippen molar-refractivity contribution in [3.8, 4) is 17.2 Å². The number of urea groups is 1. The van der Waals surface area contributed by atoms with Crippen LogP contribution in [0.2, 0.25) is 0 Å². The fourth-order valence-corrected chi connectivity index (χ4v) is 3.60. The summed E-state index contributed by atoms with van der Waals surface area (Å²) in [5, 5.41) is 9.85. The minimum atomic E-state index is -0.324. The van der Waals surface area contributed by atoms with E-state index in [9.17, 15) is 4.79 Å². The monoisotopic (exact) mass is 473 g/mol. The maximum atomic E-state index is 12.3. The molecule has 0 aliphatic carbocycles. The van der Waals surface area contributed by atoms with E-state index in [4.69, 9.17) is 14.2 Å². The molecule has 180 valence electrons. The van der Waals surface area contributed by atoms with Gasteiger partial charge in [-0.05, 0) is 42.3 Å². The molecule has 0 atom stereocenters. The summed E-state index contributed by atoms with van der Waals surface area (Å²) in [5.74, 6) is 2.64. The Labute approximate surface area is 203 Å². The molecule has 35 heavy (non-hydrogen) atoms. The van der Waals surface area contributed by atoms with Crippen LogP contribution in [0.4, 0.5) is 22.0 Å². The van der Waals surface area contributed by atoms with E-state index in [-0.39, 0.29) is 6.03 Å². The van der Waals surface area contributed by atoms with Gasteiger partial charge in [-0.2, -0.15) is 0 Å². The molecule has 0 aliphatic rings. The number of methoxy groups -OCH3 is 3. The number of fused-ring (bicyclic) bond motifs is 1. The number of nitrogens with one attached hydrogen (secondary N) is 3. The molecule has 0 unspecified atom stereocenters. The van der Waals surface area contributed by atoms with Crippen LogP contribution >= 0.6 is 0 Å². The van der Waals surface area contributed by atoms with Gasteiger partial charge in [-0.3, -0.25) is 0 Å². The van der Waals surface area contributed by atoms with E-state index in [1.807, 2.05) is 48.5 Å². The van der Waals surface area contributed by atoms with Gasteiger partial charge < -0.3 is 30.2 Å². The molecule has 1 heterocycles. The summed E-state index contributed by atoms with van der Waals surface area (Å²) in [6.07, 6.45) is 2.29. The first kappa shape index (κ1) is 23.6. The van der Waals surface area contributed by atoms with Crippen molar-refractivity contribution >= 4 is 34.1 Å². The molecule has 9 heteroatoms. The molecule has 4 rings (SSSR count). The molecule has 0 saturated heterocycles. The number of aromatic nitrogens is 2. The summed E-state index contributed by atoms with van der Waals surface area (Å²) in [5.41, 5.74) is 3.24. The maximum Gasteiger partial charge on any atom is 0.323 e. The average molecular weight is 474 g/mol. The van der Waals surface area contributed by atoms with E-state index >= 15 is 0 Å². The Hall–Kier alpha value is -4.53. The van der Waals surface area contributed by atoms with Crippen molar-refractivity contribution in [2.75, 3.05) is 43.8 Å². The van der Waals surface area contributed by atoms with Gasteiger partial charge in [0.1, 0.15) is 17.9 Å². The molecule has 0 radical (unpaired) electrons. The van der Waals surface area contributed by atoms with Crippen LogP contribution in [-0.2, 0) is 6.42 Å². The van der Waals surface area contributed by atoms with Crippen molar-refractivity contribution in [1.82, 2.24) is 9.97 Å². The Kier molecular flexibility index (Phi) is 7.47. The quantitative estimate of drug-likeness (QED) is 0.316. The van der Waals surface area contributed by atoms with Crippen LogP contribution in [0.15, 0.2) is 67.0 Å². The highest BCUT2D eigenvalue weighted by Gasteiger charge is 2.11. The fraction of sp³-hybridized carbons (Fsp3) is 0.192. The SMILES string of the molecule is COc1cccc(NC(=O)Nc2ccc(CCNc3ncnc4cc(OC)c(OC)cc34)cc2)c1. The molecule has 0 saturated carbocycles. The Morgan fingerprint density at radius 2 is 1.57 bits per heavy atom. The third kappa shape index (κ3) is 5.89. The highest BCUT2D eigenvalue weighted by Crippen LogP contribution is 2.33. The van der Waals surface area contributed by atoms with Crippen LogP contribution in [0.3, 0.4) is 0 Å². The van der Waals surface area contributed by atoms with Gasteiger partial charge in [0.15, 0.2) is 11.5 Å². The minimum Gasteiger partial charge on any atom is -0.497 e. The first-order valence-corrected chi connectivity index (χ1v) is 11.0. The summed E-state index contributed by atoms with van der Waals surface area (Å²) in [4.78, 5) is 21.0. The van der Waals surface area contributed by atoms with Crippen LogP contribution in [0.25, 0.3) is 10.9 Å². The molecular formula is C26H27N5O4. The standard InChI is InChI=1S/C26H27N5O4/c1-33-20-6-4-5-19(13-20)31-26(32)30-18-9-7-17(8-10-18)11-12-27-25-21-14-23(34-2)24(35-3)15-22(21)28-16-29-25/h4-10,13-16H,11-12H2,1-3H3,(H,27,28,29)(H2,30,31,32). The predicted molar refractivity (Wildman–Crippen MR) is 137 cm³/mol. The van der Waals surface area contributed by atoms with E-state index in [0.717, 1.165) is 28.7 Å². The van der Waals surface area contributed by atoms with Crippen LogP contribution in [0.1, 0.15) is 5.56 Å². The van der Waals surface area contributed by atoms with Crippen molar-refractivity contribution < 1.29 is 19.0 Å². The molecule has 0 fully saturated rings. The number of nitrogens with zero attached hydrogens (tertiary/aromatic N) is 2. The lowest BCUT2D eigenvalue weighted by atomic mass is 10.1. The third-order valence-corrected chi connectivity index (χ3v) is 5.39. The van der Waals surface area contributed by atoms with Gasteiger partial charge in [0.2, 0.25) is 0 Å². The number of benzene rings is 3. The van der Waals surface area contributed by atoms with E-state index < -0.39 is 0 Å². The van der Waals surface area contributed by atoms with Crippen molar-refractivity contribution in [3.63, 3.8) is 0 Å². The summed E-state index contributed by atoms with van der Waals surface area (Å²) in [7, 11) is 4.78. The van der Waals surface area contributed by atoms with Crippen LogP contribution in [-0.4, -0.2) is 43.9 Å². The van der Waals surface area contributed by atoms with Gasteiger partial charge in [0, 0.05) is 35.4 Å². The number of hydrogen-bond donors (Lipinski definition) is 3. The Morgan fingerprint density at radius 3 is 2.31 bits per heavy atom. The van der Waals surface area contributed by atoms with E-state index in [0.29, 0.717) is 35.2 Å². The lowest BCUT2D eigenvalue weighted by Crippen LogP contribution is -2.19. The second kappa shape index (κ2) is 11.1. The van der Waals surface area contributed by atoms with Crippen molar-refractivity contribution in [1.29, 1.82) is 0 Å². The lowest BCUT2D eigenvalue weighted by molar-refractivity contribution is 0.262. The van der Waals surface area contributed by atoms with Crippen molar-refractivity contribution in [2.45, 2.75) is 6.42 Å². The normalized spacial score (nSPS) is 10.5. The zero-order valence-corrected chi connectivity index (χ0v) is 19.8. The number of carbonyl (C=O) groups is 1. The lowest BCUT2D eigenvalue weighted by Gasteiger charge is -2.12. The fourth-order valence-electron chi connectivity index (χ4n) is 3.60. The number of hydrogen-bond acceptors (Lipinski definition) is 7. The van der Waals surface area contributed by atoms with Gasteiger partial charge in [0.05, 0.1) is 26.8 Å². The average Bonchev–Trinajstić information content (AvgIpc) is 2.89. The van der Waals surface area contributed by atoms with Crippen LogP contribution in [0, 0.1) is 0 Å². The number of amides is 2. The molecule has 0 aliphatic heterocycles. The zero-order valence-electron chi connectivity index (χ0n) is 19.8. The number of rotatable bonds is 9. The molecule has 3 N–H and O–H groups in total. The Bertz CT molecular complexity index is 1310. The number of carbonyl (C=O) groups excluding carboxylic acids is 1. The molecule has 0 bridgehead atoms. The third-order valence-electron chi connectivity index (χ3n) is 5.39. The Balaban J connectivity index is 1.33. The highest BCUT2D eigenvalue weighted by molar-refractivity contribution is 5.99. The van der Waals surface area contributed by atoms with Gasteiger partial charge in [-0.15, -0.1) is 0 Å². The molecule has 9 nitrogen and oxygen atoms in total. The van der Waals surface area contributed by atoms with Crippen molar-refractivity contribution in [2.24, 2.45) is 0 Å². The van der Waals surface area contributed by atoms with Crippen LogP contribution in [0.5, 0.6) is 17.2 Å². The van der Waals surface area contributed by atoms with Crippen molar-refractivity contribution in [3.05, 3.63) is 72.6 Å². The zero-order chi connectivity index (χ0) is 24.6. The first-order valence-electron chi connectivity index (χ1n) is 11.0.